The Labute approximate surface area is 211 Å². The van der Waals surface area contributed by atoms with E-state index in [0.717, 1.165) is 13.1 Å². The summed E-state index contributed by atoms with van der Waals surface area (Å²) in [6, 6.07) is 3.58. The number of amides is 2. The van der Waals surface area contributed by atoms with E-state index in [1.54, 1.807) is 18.2 Å². The monoisotopic (exact) mass is 515 g/mol. The maximum absolute atomic E-state index is 13.0. The molecule has 9 nitrogen and oxygen atoms in total. The molecule has 1 N–H and O–H groups in total. The zero-order valence-electron chi connectivity index (χ0n) is 20.5. The van der Waals surface area contributed by atoms with Crippen LogP contribution in [0.2, 0.25) is 0 Å². The fourth-order valence-electron chi connectivity index (χ4n) is 4.31. The van der Waals surface area contributed by atoms with E-state index in [4.69, 9.17) is 14.2 Å². The van der Waals surface area contributed by atoms with E-state index in [1.165, 1.54) is 30.9 Å². The standard InChI is InChI=1S/C23H33N3O6S.ClH/c1-7-25(8-2)12-13-32-22(29)18-23(3,4)33-21-17(20(28)26(18)21)24-19(27)16-14(30-5)10-9-11-15(16)31-6;/h9-11,17-18,21H,7-8,12-13H2,1-6H3,(H,24,27);1H/t17?,18-,21+;/m0./s1. The topological polar surface area (TPSA) is 97.4 Å². The first-order valence-corrected chi connectivity index (χ1v) is 12.0. The van der Waals surface area contributed by atoms with Gasteiger partial charge in [0.2, 0.25) is 5.91 Å². The molecule has 11 heteroatoms. The van der Waals surface area contributed by atoms with Gasteiger partial charge in [0.15, 0.2) is 0 Å². The van der Waals surface area contributed by atoms with E-state index in [-0.39, 0.29) is 35.9 Å². The average molecular weight is 516 g/mol. The predicted octanol–water partition coefficient (Wildman–Crippen LogP) is 2.17. The summed E-state index contributed by atoms with van der Waals surface area (Å²) in [6.45, 7) is 10.6. The van der Waals surface area contributed by atoms with Gasteiger partial charge in [-0.1, -0.05) is 19.9 Å². The second-order valence-corrected chi connectivity index (χ2v) is 10.2. The van der Waals surface area contributed by atoms with Crippen LogP contribution in [-0.2, 0) is 14.3 Å². The number of methoxy groups -OCH3 is 2. The minimum absolute atomic E-state index is 0. The van der Waals surface area contributed by atoms with Crippen LogP contribution in [0.5, 0.6) is 11.5 Å². The molecule has 2 fully saturated rings. The summed E-state index contributed by atoms with van der Waals surface area (Å²) < 4.78 is 15.6. The van der Waals surface area contributed by atoms with Crippen molar-refractivity contribution in [1.82, 2.24) is 15.1 Å². The second-order valence-electron chi connectivity index (χ2n) is 8.44. The molecule has 0 aliphatic carbocycles. The molecule has 190 valence electrons. The van der Waals surface area contributed by atoms with Gasteiger partial charge in [-0.15, -0.1) is 24.2 Å². The molecule has 0 radical (unpaired) electrons. The number of likely N-dealkylation sites (N-methyl/N-ethyl adjacent to an activating group) is 1. The molecule has 1 aromatic carbocycles. The highest BCUT2D eigenvalue weighted by Gasteiger charge is 2.64. The lowest BCUT2D eigenvalue weighted by atomic mass is 9.95. The number of carbonyl (C=O) groups is 3. The minimum atomic E-state index is -0.745. The number of hydrogen-bond acceptors (Lipinski definition) is 8. The molecule has 1 aromatic rings. The molecule has 34 heavy (non-hydrogen) atoms. The van der Waals surface area contributed by atoms with Crippen molar-refractivity contribution in [2.24, 2.45) is 0 Å². The number of nitrogens with one attached hydrogen (secondary N) is 1. The summed E-state index contributed by atoms with van der Waals surface area (Å²) in [7, 11) is 2.93. The Hall–Kier alpha value is -2.17. The molecule has 1 unspecified atom stereocenters. The maximum atomic E-state index is 13.0. The van der Waals surface area contributed by atoms with Gasteiger partial charge >= 0.3 is 5.97 Å². The summed E-state index contributed by atoms with van der Waals surface area (Å²) in [4.78, 5) is 42.7. The number of carbonyl (C=O) groups excluding carboxylic acids is 3. The first-order chi connectivity index (χ1) is 15.7. The van der Waals surface area contributed by atoms with Gasteiger partial charge in [-0.25, -0.2) is 4.79 Å². The number of nitrogens with zero attached hydrogens (tertiary/aromatic N) is 2. The predicted molar refractivity (Wildman–Crippen MR) is 133 cm³/mol. The van der Waals surface area contributed by atoms with Crippen molar-refractivity contribution >= 4 is 42.0 Å². The largest absolute Gasteiger partial charge is 0.496 e. The number of halogens is 1. The highest BCUT2D eigenvalue weighted by atomic mass is 35.5. The van der Waals surface area contributed by atoms with Gasteiger partial charge in [0, 0.05) is 11.3 Å². The van der Waals surface area contributed by atoms with E-state index >= 15 is 0 Å². The molecule has 2 heterocycles. The lowest BCUT2D eigenvalue weighted by Crippen LogP contribution is -2.70. The Kier molecular flexibility index (Phi) is 9.50. The summed E-state index contributed by atoms with van der Waals surface area (Å²) in [5.41, 5.74) is 0.225. The number of thioether (sulfide) groups is 1. The third kappa shape index (κ3) is 5.23. The molecule has 0 spiro atoms. The van der Waals surface area contributed by atoms with Gasteiger partial charge in [-0.2, -0.15) is 0 Å². The smallest absolute Gasteiger partial charge is 0.330 e. The minimum Gasteiger partial charge on any atom is -0.496 e. The lowest BCUT2D eigenvalue weighted by Gasteiger charge is -2.44. The van der Waals surface area contributed by atoms with Crippen LogP contribution in [0.1, 0.15) is 38.1 Å². The fourth-order valence-corrected chi connectivity index (χ4v) is 5.93. The molecule has 2 amide bonds. The first-order valence-electron chi connectivity index (χ1n) is 11.1. The molecule has 0 bridgehead atoms. The Morgan fingerprint density at radius 1 is 1.15 bits per heavy atom. The van der Waals surface area contributed by atoms with Gasteiger partial charge in [0.25, 0.3) is 5.91 Å². The van der Waals surface area contributed by atoms with Crippen LogP contribution in [0.15, 0.2) is 18.2 Å². The SMILES string of the molecule is CCN(CC)CCOC(=O)[C@@H]1N2C(=O)C(NC(=O)c3c(OC)cccc3OC)[C@H]2SC1(C)C.Cl. The van der Waals surface area contributed by atoms with Crippen LogP contribution in [0.3, 0.4) is 0 Å². The van der Waals surface area contributed by atoms with Crippen molar-refractivity contribution in [2.75, 3.05) is 40.5 Å². The molecule has 2 saturated heterocycles. The first kappa shape index (κ1) is 28.1. The van der Waals surface area contributed by atoms with E-state index < -0.39 is 28.7 Å². The fraction of sp³-hybridized carbons (Fsp3) is 0.609. The van der Waals surface area contributed by atoms with Crippen molar-refractivity contribution in [3.63, 3.8) is 0 Å². The van der Waals surface area contributed by atoms with Crippen molar-refractivity contribution in [3.8, 4) is 11.5 Å². The number of esters is 1. The Bertz CT molecular complexity index is 888. The number of benzene rings is 1. The van der Waals surface area contributed by atoms with Crippen LogP contribution in [0.4, 0.5) is 0 Å². The van der Waals surface area contributed by atoms with Gasteiger partial charge < -0.3 is 29.3 Å². The molecule has 2 aliphatic rings. The molecule has 0 saturated carbocycles. The number of ether oxygens (including phenoxy) is 3. The Morgan fingerprint density at radius 2 is 1.74 bits per heavy atom. The molecule has 2 aliphatic heterocycles. The summed E-state index contributed by atoms with van der Waals surface area (Å²) in [5, 5.41) is 2.45. The molecule has 3 rings (SSSR count). The third-order valence-corrected chi connectivity index (χ3v) is 7.72. The van der Waals surface area contributed by atoms with Crippen LogP contribution >= 0.6 is 24.2 Å². The normalized spacial score (nSPS) is 22.4. The summed E-state index contributed by atoms with van der Waals surface area (Å²) in [5.74, 6) is -0.474. The molecular weight excluding hydrogens is 482 g/mol. The van der Waals surface area contributed by atoms with Crippen molar-refractivity contribution in [2.45, 2.75) is 49.9 Å². The van der Waals surface area contributed by atoms with Gasteiger partial charge in [-0.3, -0.25) is 9.59 Å². The highest BCUT2D eigenvalue weighted by Crippen LogP contribution is 2.51. The molecule has 0 aromatic heterocycles. The van der Waals surface area contributed by atoms with Crippen LogP contribution in [0.25, 0.3) is 0 Å². The summed E-state index contributed by atoms with van der Waals surface area (Å²) in [6.07, 6.45) is 0. The Morgan fingerprint density at radius 3 is 2.26 bits per heavy atom. The number of rotatable bonds is 10. The zero-order valence-corrected chi connectivity index (χ0v) is 22.1. The van der Waals surface area contributed by atoms with Crippen LogP contribution < -0.4 is 14.8 Å². The van der Waals surface area contributed by atoms with Crippen molar-refractivity contribution in [3.05, 3.63) is 23.8 Å². The number of β-lactam (4-membered cyclic amide) rings is 1. The summed E-state index contributed by atoms with van der Waals surface area (Å²) >= 11 is 1.49. The molecular formula is C23H34ClN3O6S. The molecule has 3 atom stereocenters. The van der Waals surface area contributed by atoms with Gasteiger partial charge in [0.1, 0.15) is 41.1 Å². The van der Waals surface area contributed by atoms with Crippen molar-refractivity contribution in [1.29, 1.82) is 0 Å². The lowest BCUT2D eigenvalue weighted by molar-refractivity contribution is -0.163. The van der Waals surface area contributed by atoms with Crippen LogP contribution in [-0.4, -0.2) is 90.2 Å². The van der Waals surface area contributed by atoms with E-state index in [0.29, 0.717) is 18.0 Å². The number of hydrogen-bond donors (Lipinski definition) is 1. The van der Waals surface area contributed by atoms with Crippen LogP contribution in [0, 0.1) is 0 Å². The number of fused-ring (bicyclic) bond motifs is 1. The second kappa shape index (κ2) is 11.5. The van der Waals surface area contributed by atoms with Crippen molar-refractivity contribution < 1.29 is 28.6 Å². The quantitative estimate of drug-likeness (QED) is 0.374. The Balaban J connectivity index is 0.00000408. The van der Waals surface area contributed by atoms with Gasteiger partial charge in [0.05, 0.1) is 14.2 Å². The maximum Gasteiger partial charge on any atom is 0.330 e. The third-order valence-electron chi connectivity index (χ3n) is 6.15. The zero-order chi connectivity index (χ0) is 24.3. The highest BCUT2D eigenvalue weighted by molar-refractivity contribution is 8.01. The van der Waals surface area contributed by atoms with Gasteiger partial charge in [-0.05, 0) is 39.1 Å². The van der Waals surface area contributed by atoms with E-state index in [2.05, 4.69) is 24.1 Å². The average Bonchev–Trinajstić information content (AvgIpc) is 3.07. The van der Waals surface area contributed by atoms with E-state index in [9.17, 15) is 14.4 Å². The van der Waals surface area contributed by atoms with E-state index in [1.807, 2.05) is 13.8 Å².